The summed E-state index contributed by atoms with van der Waals surface area (Å²) in [6, 6.07) is 7.83. The monoisotopic (exact) mass is 268 g/mol. The van der Waals surface area contributed by atoms with Crippen molar-refractivity contribution in [2.45, 2.75) is 20.3 Å². The molecule has 18 heavy (non-hydrogen) atoms. The van der Waals surface area contributed by atoms with Gasteiger partial charge in [0.05, 0.1) is 0 Å². The van der Waals surface area contributed by atoms with Crippen molar-refractivity contribution in [1.29, 1.82) is 0 Å². The zero-order chi connectivity index (χ0) is 13.4. The average molecular weight is 269 g/mol. The minimum atomic E-state index is 0.520. The van der Waals surface area contributed by atoms with Crippen LogP contribution in [-0.2, 0) is 6.42 Å². The lowest BCUT2D eigenvalue weighted by Gasteiger charge is -2.10. The second-order valence-corrected chi connectivity index (χ2v) is 4.97. The Morgan fingerprint density at radius 1 is 1.33 bits per heavy atom. The molecule has 0 saturated carbocycles. The maximum Gasteiger partial charge on any atom is 0.205 e. The third-order valence-electron chi connectivity index (χ3n) is 2.37. The van der Waals surface area contributed by atoms with Gasteiger partial charge in [-0.3, -0.25) is 10.4 Å². The number of halogens is 1. The topological polar surface area (TPSA) is 62.4 Å². The number of hydrogen-bond acceptors (Lipinski definition) is 2. The predicted octanol–water partition coefficient (Wildman–Crippen LogP) is 1.95. The number of nitrogens with one attached hydrogen (secondary N) is 2. The Labute approximate surface area is 114 Å². The molecule has 1 aromatic carbocycles. The fourth-order valence-corrected chi connectivity index (χ4v) is 1.53. The van der Waals surface area contributed by atoms with Crippen molar-refractivity contribution in [3.63, 3.8) is 0 Å². The molecular formula is C13H21ClN4. The van der Waals surface area contributed by atoms with Crippen LogP contribution < -0.4 is 16.6 Å². The van der Waals surface area contributed by atoms with Crippen LogP contribution in [0.4, 0.5) is 0 Å². The van der Waals surface area contributed by atoms with E-state index in [-0.39, 0.29) is 0 Å². The normalized spacial score (nSPS) is 11.7. The largest absolute Gasteiger partial charge is 0.355 e. The first-order valence-corrected chi connectivity index (χ1v) is 6.49. The molecule has 0 unspecified atom stereocenters. The van der Waals surface area contributed by atoms with Gasteiger partial charge in [-0.15, -0.1) is 0 Å². The Balaban J connectivity index is 2.35. The number of hydrogen-bond donors (Lipinski definition) is 3. The lowest BCUT2D eigenvalue weighted by Crippen LogP contribution is -2.42. The summed E-state index contributed by atoms with van der Waals surface area (Å²) in [5.41, 5.74) is 3.80. The van der Waals surface area contributed by atoms with Crippen molar-refractivity contribution in [3.8, 4) is 0 Å². The van der Waals surface area contributed by atoms with E-state index in [4.69, 9.17) is 17.4 Å². The number of rotatable bonds is 5. The molecule has 0 spiro atoms. The highest BCUT2D eigenvalue weighted by Crippen LogP contribution is 2.09. The highest BCUT2D eigenvalue weighted by molar-refractivity contribution is 6.30. The van der Waals surface area contributed by atoms with Crippen molar-refractivity contribution in [3.05, 3.63) is 34.9 Å². The molecule has 0 aliphatic carbocycles. The molecule has 0 saturated heterocycles. The number of hydrazine groups is 1. The van der Waals surface area contributed by atoms with Gasteiger partial charge in [-0.2, -0.15) is 0 Å². The summed E-state index contributed by atoms with van der Waals surface area (Å²) in [7, 11) is 0. The lowest BCUT2D eigenvalue weighted by atomic mass is 10.1. The molecule has 5 heteroatoms. The summed E-state index contributed by atoms with van der Waals surface area (Å²) in [5.74, 6) is 6.55. The highest BCUT2D eigenvalue weighted by Gasteiger charge is 1.98. The molecule has 100 valence electrons. The predicted molar refractivity (Wildman–Crippen MR) is 77.6 cm³/mol. The molecule has 0 aliphatic rings. The van der Waals surface area contributed by atoms with E-state index in [9.17, 15) is 0 Å². The molecule has 0 aromatic heterocycles. The minimum absolute atomic E-state index is 0.520. The number of benzene rings is 1. The molecule has 1 rings (SSSR count). The average Bonchev–Trinajstić information content (AvgIpc) is 2.35. The molecule has 0 radical (unpaired) electrons. The lowest BCUT2D eigenvalue weighted by molar-refractivity contribution is 0.656. The molecule has 0 heterocycles. The summed E-state index contributed by atoms with van der Waals surface area (Å²) < 4.78 is 0. The molecule has 0 fully saturated rings. The van der Waals surface area contributed by atoms with Crippen molar-refractivity contribution in [2.24, 2.45) is 16.8 Å². The van der Waals surface area contributed by atoms with E-state index in [1.54, 1.807) is 0 Å². The highest BCUT2D eigenvalue weighted by atomic mass is 35.5. The van der Waals surface area contributed by atoms with Crippen LogP contribution in [0.1, 0.15) is 19.4 Å². The quantitative estimate of drug-likeness (QED) is 0.331. The van der Waals surface area contributed by atoms with E-state index in [0.717, 1.165) is 24.5 Å². The number of nitrogens with two attached hydrogens (primary N) is 1. The van der Waals surface area contributed by atoms with Gasteiger partial charge in [-0.1, -0.05) is 37.6 Å². The maximum absolute atomic E-state index is 5.83. The SMILES string of the molecule is CC(C)CN=C(NN)NCCc1ccc(Cl)cc1. The summed E-state index contributed by atoms with van der Waals surface area (Å²) in [6.07, 6.45) is 0.902. The molecule has 0 aliphatic heterocycles. The standard InChI is InChI=1S/C13H21ClN4/c1-10(2)9-17-13(18-15)16-8-7-11-3-5-12(14)6-4-11/h3-6,10H,7-9,15H2,1-2H3,(H2,16,17,18). The summed E-state index contributed by atoms with van der Waals surface area (Å²) in [5, 5.41) is 3.93. The molecule has 0 amide bonds. The van der Waals surface area contributed by atoms with E-state index in [2.05, 4.69) is 29.6 Å². The van der Waals surface area contributed by atoms with Crippen LogP contribution in [0, 0.1) is 5.92 Å². The number of nitrogens with zero attached hydrogens (tertiary/aromatic N) is 1. The van der Waals surface area contributed by atoms with E-state index < -0.39 is 0 Å². The Hall–Kier alpha value is -1.26. The van der Waals surface area contributed by atoms with E-state index >= 15 is 0 Å². The smallest absolute Gasteiger partial charge is 0.205 e. The number of guanidine groups is 1. The van der Waals surface area contributed by atoms with Crippen molar-refractivity contribution >= 4 is 17.6 Å². The first-order valence-electron chi connectivity index (χ1n) is 6.11. The van der Waals surface area contributed by atoms with Crippen LogP contribution in [0.5, 0.6) is 0 Å². The van der Waals surface area contributed by atoms with Crippen molar-refractivity contribution in [1.82, 2.24) is 10.7 Å². The Morgan fingerprint density at radius 3 is 2.56 bits per heavy atom. The Kier molecular flexibility index (Phi) is 6.54. The molecule has 4 N–H and O–H groups in total. The van der Waals surface area contributed by atoms with Crippen LogP contribution >= 0.6 is 11.6 Å². The number of aliphatic imine (C=N–C) groups is 1. The van der Waals surface area contributed by atoms with Crippen LogP contribution in [0.25, 0.3) is 0 Å². The third-order valence-corrected chi connectivity index (χ3v) is 2.62. The summed E-state index contributed by atoms with van der Waals surface area (Å²) in [4.78, 5) is 4.34. The second-order valence-electron chi connectivity index (χ2n) is 4.53. The summed E-state index contributed by atoms with van der Waals surface area (Å²) in [6.45, 7) is 5.77. The fourth-order valence-electron chi connectivity index (χ4n) is 1.40. The van der Waals surface area contributed by atoms with Gasteiger partial charge < -0.3 is 5.32 Å². The van der Waals surface area contributed by atoms with E-state index in [0.29, 0.717) is 11.9 Å². The van der Waals surface area contributed by atoms with Gasteiger partial charge >= 0.3 is 0 Å². The zero-order valence-corrected chi connectivity index (χ0v) is 11.7. The molecule has 1 aromatic rings. The second kappa shape index (κ2) is 7.95. The first kappa shape index (κ1) is 14.8. The van der Waals surface area contributed by atoms with Crippen molar-refractivity contribution in [2.75, 3.05) is 13.1 Å². The molecule has 4 nitrogen and oxygen atoms in total. The molecule has 0 bridgehead atoms. The Bertz CT molecular complexity index is 373. The van der Waals surface area contributed by atoms with E-state index in [1.807, 2.05) is 24.3 Å². The first-order chi connectivity index (χ1) is 8.61. The maximum atomic E-state index is 5.83. The van der Waals surface area contributed by atoms with Crippen LogP contribution in [0.3, 0.4) is 0 Å². The van der Waals surface area contributed by atoms with Gasteiger partial charge in [0.25, 0.3) is 0 Å². The van der Waals surface area contributed by atoms with Gasteiger partial charge in [0.2, 0.25) is 5.96 Å². The summed E-state index contributed by atoms with van der Waals surface area (Å²) >= 11 is 5.83. The van der Waals surface area contributed by atoms with Crippen molar-refractivity contribution < 1.29 is 0 Å². The molecule has 0 atom stereocenters. The van der Waals surface area contributed by atoms with Gasteiger partial charge in [0, 0.05) is 18.1 Å². The van der Waals surface area contributed by atoms with Gasteiger partial charge in [-0.05, 0) is 30.0 Å². The van der Waals surface area contributed by atoms with E-state index in [1.165, 1.54) is 5.56 Å². The van der Waals surface area contributed by atoms with Crippen LogP contribution in [0.15, 0.2) is 29.3 Å². The van der Waals surface area contributed by atoms with Gasteiger partial charge in [-0.25, -0.2) is 5.84 Å². The minimum Gasteiger partial charge on any atom is -0.355 e. The molecular weight excluding hydrogens is 248 g/mol. The van der Waals surface area contributed by atoms with Gasteiger partial charge in [0.1, 0.15) is 0 Å². The van der Waals surface area contributed by atoms with Gasteiger partial charge in [0.15, 0.2) is 0 Å². The van der Waals surface area contributed by atoms with Crippen LogP contribution in [-0.4, -0.2) is 19.0 Å². The Morgan fingerprint density at radius 2 is 2.00 bits per heavy atom. The van der Waals surface area contributed by atoms with Crippen LogP contribution in [0.2, 0.25) is 5.02 Å². The fraction of sp³-hybridized carbons (Fsp3) is 0.462. The third kappa shape index (κ3) is 5.89. The zero-order valence-electron chi connectivity index (χ0n) is 10.9.